The molecule has 0 spiro atoms. The van der Waals surface area contributed by atoms with E-state index in [0.717, 1.165) is 10.0 Å². The van der Waals surface area contributed by atoms with E-state index in [-0.39, 0.29) is 18.0 Å². The van der Waals surface area contributed by atoms with Crippen molar-refractivity contribution in [2.24, 2.45) is 0 Å². The lowest BCUT2D eigenvalue weighted by Gasteiger charge is -2.05. The fourth-order valence-electron chi connectivity index (χ4n) is 1.57. The molecule has 5 nitrogen and oxygen atoms in total. The van der Waals surface area contributed by atoms with Crippen LogP contribution in [0.5, 0.6) is 0 Å². The van der Waals surface area contributed by atoms with Gasteiger partial charge in [0, 0.05) is 22.9 Å². The first kappa shape index (κ1) is 14.3. The maximum atomic E-state index is 12.0. The molecule has 1 heterocycles. The number of aromatic amines is 1. The van der Waals surface area contributed by atoms with Gasteiger partial charge in [-0.05, 0) is 23.8 Å². The summed E-state index contributed by atoms with van der Waals surface area (Å²) >= 11 is 3.33. The van der Waals surface area contributed by atoms with Crippen molar-refractivity contribution in [2.45, 2.75) is 18.0 Å². The Morgan fingerprint density at radius 3 is 2.74 bits per heavy atom. The SMILES string of the molecule is O=S(=O)(NCc1cccc(Br)c1)c1c[nH]c(CO)c1. The largest absolute Gasteiger partial charge is 0.390 e. The highest BCUT2D eigenvalue weighted by Crippen LogP contribution is 2.14. The maximum Gasteiger partial charge on any atom is 0.242 e. The number of nitrogens with one attached hydrogen (secondary N) is 2. The number of halogens is 1. The number of H-pyrrole nitrogens is 1. The number of aliphatic hydroxyl groups is 1. The highest BCUT2D eigenvalue weighted by atomic mass is 79.9. The predicted octanol–water partition coefficient (Wildman–Crippen LogP) is 1.75. The minimum Gasteiger partial charge on any atom is -0.390 e. The van der Waals surface area contributed by atoms with Gasteiger partial charge in [0.25, 0.3) is 0 Å². The molecule has 0 unspecified atom stereocenters. The maximum absolute atomic E-state index is 12.0. The van der Waals surface area contributed by atoms with Crippen LogP contribution in [-0.4, -0.2) is 18.5 Å². The van der Waals surface area contributed by atoms with Gasteiger partial charge in [-0.3, -0.25) is 0 Å². The molecule has 0 fully saturated rings. The third-order valence-corrected chi connectivity index (χ3v) is 4.43. The summed E-state index contributed by atoms with van der Waals surface area (Å²) in [5.74, 6) is 0. The Hall–Kier alpha value is -1.15. The molecule has 2 rings (SSSR count). The molecule has 0 aliphatic heterocycles. The van der Waals surface area contributed by atoms with Crippen molar-refractivity contribution in [3.63, 3.8) is 0 Å². The Balaban J connectivity index is 2.09. The van der Waals surface area contributed by atoms with E-state index in [0.29, 0.717) is 5.69 Å². The number of hydrogen-bond acceptors (Lipinski definition) is 3. The van der Waals surface area contributed by atoms with Gasteiger partial charge >= 0.3 is 0 Å². The van der Waals surface area contributed by atoms with Crippen LogP contribution >= 0.6 is 15.9 Å². The summed E-state index contributed by atoms with van der Waals surface area (Å²) in [5, 5.41) is 8.90. The molecule has 1 aromatic carbocycles. The van der Waals surface area contributed by atoms with Crippen LogP contribution in [0.4, 0.5) is 0 Å². The van der Waals surface area contributed by atoms with Crippen LogP contribution in [0, 0.1) is 0 Å². The van der Waals surface area contributed by atoms with Gasteiger partial charge in [-0.25, -0.2) is 13.1 Å². The summed E-state index contributed by atoms with van der Waals surface area (Å²) < 4.78 is 27.4. The standard InChI is InChI=1S/C12H13BrN2O3S/c13-10-3-1-2-9(4-10)6-15-19(17,18)12-5-11(8-16)14-7-12/h1-5,7,14-16H,6,8H2. The molecule has 19 heavy (non-hydrogen) atoms. The van der Waals surface area contributed by atoms with Gasteiger partial charge in [0.2, 0.25) is 10.0 Å². The Kier molecular flexibility index (Phi) is 4.41. The van der Waals surface area contributed by atoms with E-state index >= 15 is 0 Å². The summed E-state index contributed by atoms with van der Waals surface area (Å²) in [4.78, 5) is 2.81. The quantitative estimate of drug-likeness (QED) is 0.772. The third-order valence-electron chi connectivity index (χ3n) is 2.55. The zero-order chi connectivity index (χ0) is 13.9. The molecular weight excluding hydrogens is 332 g/mol. The fourth-order valence-corrected chi connectivity index (χ4v) is 3.06. The van der Waals surface area contributed by atoms with Crippen LogP contribution < -0.4 is 4.72 Å². The van der Waals surface area contributed by atoms with Gasteiger partial charge in [-0.1, -0.05) is 28.1 Å². The van der Waals surface area contributed by atoms with Gasteiger partial charge in [-0.2, -0.15) is 0 Å². The van der Waals surface area contributed by atoms with Gasteiger partial charge in [-0.15, -0.1) is 0 Å². The Labute approximate surface area is 119 Å². The average molecular weight is 345 g/mol. The molecule has 3 N–H and O–H groups in total. The van der Waals surface area contributed by atoms with Crippen molar-refractivity contribution in [1.82, 2.24) is 9.71 Å². The lowest BCUT2D eigenvalue weighted by molar-refractivity contribution is 0.277. The van der Waals surface area contributed by atoms with E-state index in [2.05, 4.69) is 25.6 Å². The summed E-state index contributed by atoms with van der Waals surface area (Å²) in [5.41, 5.74) is 1.32. The fraction of sp³-hybridized carbons (Fsp3) is 0.167. The molecule has 0 aliphatic carbocycles. The van der Waals surface area contributed by atoms with Crippen LogP contribution in [0.15, 0.2) is 45.9 Å². The zero-order valence-electron chi connectivity index (χ0n) is 9.93. The number of hydrogen-bond donors (Lipinski definition) is 3. The third kappa shape index (κ3) is 3.66. The Morgan fingerprint density at radius 1 is 1.32 bits per heavy atom. The topological polar surface area (TPSA) is 82.2 Å². The second-order valence-corrected chi connectivity index (χ2v) is 6.66. The van der Waals surface area contributed by atoms with Crippen molar-refractivity contribution in [3.05, 3.63) is 52.3 Å². The van der Waals surface area contributed by atoms with Crippen molar-refractivity contribution >= 4 is 26.0 Å². The zero-order valence-corrected chi connectivity index (χ0v) is 12.3. The normalized spacial score (nSPS) is 11.7. The van der Waals surface area contributed by atoms with Crippen molar-refractivity contribution in [3.8, 4) is 0 Å². The van der Waals surface area contributed by atoms with Crippen LogP contribution in [0.3, 0.4) is 0 Å². The van der Waals surface area contributed by atoms with Gasteiger partial charge in [0.15, 0.2) is 0 Å². The van der Waals surface area contributed by atoms with Crippen molar-refractivity contribution in [2.75, 3.05) is 0 Å². The minimum absolute atomic E-state index is 0.117. The monoisotopic (exact) mass is 344 g/mol. The summed E-state index contributed by atoms with van der Waals surface area (Å²) in [6, 6.07) is 8.80. The number of rotatable bonds is 5. The van der Waals surface area contributed by atoms with E-state index in [1.54, 1.807) is 0 Å². The van der Waals surface area contributed by atoms with Crippen LogP contribution in [0.1, 0.15) is 11.3 Å². The lowest BCUT2D eigenvalue weighted by Crippen LogP contribution is -2.22. The smallest absolute Gasteiger partial charge is 0.242 e. The summed E-state index contributed by atoms with van der Waals surface area (Å²) in [6.07, 6.45) is 1.36. The second-order valence-electron chi connectivity index (χ2n) is 3.97. The molecule has 0 atom stereocenters. The minimum atomic E-state index is -3.57. The average Bonchev–Trinajstić information content (AvgIpc) is 2.86. The molecule has 0 bridgehead atoms. The van der Waals surface area contributed by atoms with Gasteiger partial charge in [0.05, 0.1) is 11.5 Å². The van der Waals surface area contributed by atoms with Gasteiger partial charge in [0.1, 0.15) is 0 Å². The molecule has 2 aromatic rings. The number of aliphatic hydroxyl groups excluding tert-OH is 1. The summed E-state index contributed by atoms with van der Waals surface area (Å²) in [6.45, 7) is -0.0113. The van der Waals surface area contributed by atoms with Crippen molar-refractivity contribution < 1.29 is 13.5 Å². The molecule has 0 saturated heterocycles. The molecule has 7 heteroatoms. The predicted molar refractivity (Wildman–Crippen MR) is 74.9 cm³/mol. The van der Waals surface area contributed by atoms with Crippen molar-refractivity contribution in [1.29, 1.82) is 0 Å². The van der Waals surface area contributed by atoms with E-state index in [9.17, 15) is 8.42 Å². The number of benzene rings is 1. The molecule has 0 amide bonds. The second kappa shape index (κ2) is 5.87. The molecular formula is C12H13BrN2O3S. The molecule has 102 valence electrons. The van der Waals surface area contributed by atoms with Gasteiger partial charge < -0.3 is 10.1 Å². The van der Waals surface area contributed by atoms with Crippen LogP contribution in [0.2, 0.25) is 0 Å². The first-order chi connectivity index (χ1) is 9.01. The summed E-state index contributed by atoms with van der Waals surface area (Å²) in [7, 11) is -3.57. The molecule has 0 saturated carbocycles. The van der Waals surface area contributed by atoms with E-state index in [1.165, 1.54) is 12.3 Å². The highest BCUT2D eigenvalue weighted by molar-refractivity contribution is 9.10. The molecule has 0 aliphatic rings. The van der Waals surface area contributed by atoms with E-state index in [1.807, 2.05) is 24.3 Å². The number of aromatic nitrogens is 1. The number of sulfonamides is 1. The highest BCUT2D eigenvalue weighted by Gasteiger charge is 2.15. The Morgan fingerprint density at radius 2 is 2.11 bits per heavy atom. The molecule has 0 radical (unpaired) electrons. The lowest BCUT2D eigenvalue weighted by atomic mass is 10.2. The van der Waals surface area contributed by atoms with Crippen LogP contribution in [-0.2, 0) is 23.2 Å². The van der Waals surface area contributed by atoms with E-state index < -0.39 is 10.0 Å². The van der Waals surface area contributed by atoms with E-state index in [4.69, 9.17) is 5.11 Å². The first-order valence-electron chi connectivity index (χ1n) is 5.53. The Bertz CT molecular complexity index is 667. The first-order valence-corrected chi connectivity index (χ1v) is 7.81. The van der Waals surface area contributed by atoms with Crippen LogP contribution in [0.25, 0.3) is 0 Å². The molecule has 1 aromatic heterocycles.